The van der Waals surface area contributed by atoms with E-state index in [1.54, 1.807) is 0 Å². The summed E-state index contributed by atoms with van der Waals surface area (Å²) in [6, 6.07) is 0. The van der Waals surface area contributed by atoms with Gasteiger partial charge in [0.15, 0.2) is 0 Å². The van der Waals surface area contributed by atoms with Crippen molar-refractivity contribution in [2.45, 2.75) is 22.8 Å². The van der Waals surface area contributed by atoms with Gasteiger partial charge in [-0.15, -0.1) is 11.6 Å². The Hall–Kier alpha value is 0.690. The summed E-state index contributed by atoms with van der Waals surface area (Å²) in [6.45, 7) is 2.03. The minimum atomic E-state index is 0.289. The monoisotopic (exact) mass is 238 g/mol. The molecule has 2 aliphatic heterocycles. The highest BCUT2D eigenvalue weighted by Crippen LogP contribution is 2.31. The molecular weight excluding hydrogens is 227 g/mol. The molecule has 2 N–H and O–H groups in total. The van der Waals surface area contributed by atoms with E-state index in [-0.39, 0.29) is 5.38 Å². The van der Waals surface area contributed by atoms with Crippen molar-refractivity contribution in [1.82, 2.24) is 10.6 Å². The SMILES string of the molecule is ClC1CNC2NCCC(Br)C12. The highest BCUT2D eigenvalue weighted by molar-refractivity contribution is 9.09. The summed E-state index contributed by atoms with van der Waals surface area (Å²) in [6.07, 6.45) is 1.63. The normalized spacial score (nSPS) is 50.7. The van der Waals surface area contributed by atoms with Crippen molar-refractivity contribution in [3.05, 3.63) is 0 Å². The van der Waals surface area contributed by atoms with Crippen molar-refractivity contribution in [3.8, 4) is 0 Å². The van der Waals surface area contributed by atoms with Crippen LogP contribution in [0.4, 0.5) is 0 Å². The van der Waals surface area contributed by atoms with Gasteiger partial charge in [0.25, 0.3) is 0 Å². The van der Waals surface area contributed by atoms with Crippen LogP contribution in [0.3, 0.4) is 0 Å². The summed E-state index contributed by atoms with van der Waals surface area (Å²) in [5, 5.41) is 7.07. The summed E-state index contributed by atoms with van der Waals surface area (Å²) in [4.78, 5) is 0.589. The molecule has 2 rings (SSSR count). The Morgan fingerprint density at radius 3 is 2.91 bits per heavy atom. The van der Waals surface area contributed by atoms with Crippen LogP contribution in [0.2, 0.25) is 0 Å². The fraction of sp³-hybridized carbons (Fsp3) is 1.00. The first-order valence-corrected chi connectivity index (χ1v) is 5.39. The van der Waals surface area contributed by atoms with Crippen molar-refractivity contribution >= 4 is 27.5 Å². The van der Waals surface area contributed by atoms with Crippen molar-refractivity contribution in [2.75, 3.05) is 13.1 Å². The van der Waals surface area contributed by atoms with E-state index in [0.717, 1.165) is 13.1 Å². The number of hydrogen-bond donors (Lipinski definition) is 2. The number of fused-ring (bicyclic) bond motifs is 1. The fourth-order valence-corrected chi connectivity index (χ4v) is 3.42. The molecule has 0 aromatic carbocycles. The van der Waals surface area contributed by atoms with Crippen LogP contribution in [-0.4, -0.2) is 29.5 Å². The number of rotatable bonds is 0. The van der Waals surface area contributed by atoms with E-state index in [4.69, 9.17) is 11.6 Å². The maximum Gasteiger partial charge on any atom is 0.0626 e. The number of nitrogens with one attached hydrogen (secondary N) is 2. The highest BCUT2D eigenvalue weighted by Gasteiger charge is 2.40. The van der Waals surface area contributed by atoms with Crippen LogP contribution in [0, 0.1) is 5.92 Å². The molecule has 0 saturated carbocycles. The molecule has 4 atom stereocenters. The molecule has 64 valence electrons. The first-order valence-electron chi connectivity index (χ1n) is 4.04. The minimum Gasteiger partial charge on any atom is -0.302 e. The quantitative estimate of drug-likeness (QED) is 0.614. The second-order valence-corrected chi connectivity index (χ2v) is 4.97. The number of hydrogen-bond acceptors (Lipinski definition) is 2. The number of halogens is 2. The van der Waals surface area contributed by atoms with E-state index in [1.807, 2.05) is 0 Å². The minimum absolute atomic E-state index is 0.289. The first-order chi connectivity index (χ1) is 5.29. The molecule has 4 unspecified atom stereocenters. The van der Waals surface area contributed by atoms with Gasteiger partial charge in [0.2, 0.25) is 0 Å². The molecule has 0 radical (unpaired) electrons. The third kappa shape index (κ3) is 1.44. The summed E-state index contributed by atoms with van der Waals surface area (Å²) in [5.74, 6) is 0.561. The summed E-state index contributed by atoms with van der Waals surface area (Å²) < 4.78 is 0. The van der Waals surface area contributed by atoms with Crippen molar-refractivity contribution in [3.63, 3.8) is 0 Å². The van der Waals surface area contributed by atoms with E-state index in [0.29, 0.717) is 16.9 Å². The Morgan fingerprint density at radius 1 is 1.36 bits per heavy atom. The van der Waals surface area contributed by atoms with Crippen molar-refractivity contribution in [1.29, 1.82) is 0 Å². The van der Waals surface area contributed by atoms with Gasteiger partial charge < -0.3 is 10.6 Å². The lowest BCUT2D eigenvalue weighted by molar-refractivity contribution is 0.316. The molecule has 0 amide bonds. The van der Waals surface area contributed by atoms with Gasteiger partial charge in [0.05, 0.1) is 11.5 Å². The molecule has 0 spiro atoms. The average molecular weight is 240 g/mol. The van der Waals surface area contributed by atoms with Crippen LogP contribution < -0.4 is 10.6 Å². The lowest BCUT2D eigenvalue weighted by Gasteiger charge is -2.32. The Morgan fingerprint density at radius 2 is 2.18 bits per heavy atom. The summed E-state index contributed by atoms with van der Waals surface area (Å²) in [5.41, 5.74) is 0. The maximum atomic E-state index is 6.15. The predicted molar refractivity (Wildman–Crippen MR) is 50.3 cm³/mol. The Balaban J connectivity index is 2.08. The van der Waals surface area contributed by atoms with E-state index in [1.165, 1.54) is 6.42 Å². The molecule has 2 saturated heterocycles. The Labute approximate surface area is 80.2 Å². The molecular formula is C7H12BrClN2. The zero-order valence-corrected chi connectivity index (χ0v) is 8.53. The lowest BCUT2D eigenvalue weighted by Crippen LogP contribution is -2.50. The van der Waals surface area contributed by atoms with E-state index in [2.05, 4.69) is 26.6 Å². The van der Waals surface area contributed by atoms with Crippen molar-refractivity contribution < 1.29 is 0 Å². The van der Waals surface area contributed by atoms with Crippen LogP contribution in [0.5, 0.6) is 0 Å². The maximum absolute atomic E-state index is 6.15. The molecule has 2 aliphatic rings. The van der Waals surface area contributed by atoms with Gasteiger partial charge in [-0.25, -0.2) is 0 Å². The number of alkyl halides is 2. The van der Waals surface area contributed by atoms with Crippen LogP contribution in [0.25, 0.3) is 0 Å². The summed E-state index contributed by atoms with van der Waals surface area (Å²) >= 11 is 9.82. The smallest absolute Gasteiger partial charge is 0.0626 e. The van der Waals surface area contributed by atoms with E-state index in [9.17, 15) is 0 Å². The molecule has 0 bridgehead atoms. The summed E-state index contributed by atoms with van der Waals surface area (Å²) in [7, 11) is 0. The van der Waals surface area contributed by atoms with Crippen LogP contribution >= 0.6 is 27.5 Å². The lowest BCUT2D eigenvalue weighted by atomic mass is 9.96. The Bertz CT molecular complexity index is 153. The molecule has 4 heteroatoms. The third-order valence-corrected chi connectivity index (χ3v) is 4.05. The molecule has 2 fully saturated rings. The van der Waals surface area contributed by atoms with Gasteiger partial charge in [-0.05, 0) is 13.0 Å². The van der Waals surface area contributed by atoms with E-state index >= 15 is 0 Å². The van der Waals surface area contributed by atoms with Crippen LogP contribution in [0.1, 0.15) is 6.42 Å². The first kappa shape index (κ1) is 8.30. The molecule has 0 aliphatic carbocycles. The van der Waals surface area contributed by atoms with Crippen molar-refractivity contribution in [2.24, 2.45) is 5.92 Å². The van der Waals surface area contributed by atoms with Gasteiger partial charge in [0, 0.05) is 17.3 Å². The topological polar surface area (TPSA) is 24.1 Å². The second kappa shape index (κ2) is 3.21. The Kier molecular flexibility index (Phi) is 2.42. The van der Waals surface area contributed by atoms with Gasteiger partial charge in [0.1, 0.15) is 0 Å². The van der Waals surface area contributed by atoms with Gasteiger partial charge in [-0.2, -0.15) is 0 Å². The molecule has 2 heterocycles. The van der Waals surface area contributed by atoms with Crippen LogP contribution in [-0.2, 0) is 0 Å². The predicted octanol–water partition coefficient (Wildman–Crippen LogP) is 0.896. The molecule has 0 aromatic heterocycles. The average Bonchev–Trinajstić information content (AvgIpc) is 2.34. The second-order valence-electron chi connectivity index (χ2n) is 3.24. The van der Waals surface area contributed by atoms with Crippen LogP contribution in [0.15, 0.2) is 0 Å². The zero-order chi connectivity index (χ0) is 7.84. The standard InChI is InChI=1S/C7H12BrClN2/c8-4-1-2-10-7-6(4)5(9)3-11-7/h4-7,10-11H,1-3H2. The van der Waals surface area contributed by atoms with E-state index < -0.39 is 0 Å². The molecule has 2 nitrogen and oxygen atoms in total. The molecule has 0 aromatic rings. The zero-order valence-electron chi connectivity index (χ0n) is 6.19. The number of piperidine rings is 1. The highest BCUT2D eigenvalue weighted by atomic mass is 79.9. The fourth-order valence-electron chi connectivity index (χ4n) is 1.93. The van der Waals surface area contributed by atoms with Gasteiger partial charge in [-0.3, -0.25) is 0 Å². The van der Waals surface area contributed by atoms with Gasteiger partial charge >= 0.3 is 0 Å². The largest absolute Gasteiger partial charge is 0.302 e. The van der Waals surface area contributed by atoms with Gasteiger partial charge in [-0.1, -0.05) is 15.9 Å². The molecule has 11 heavy (non-hydrogen) atoms. The third-order valence-electron chi connectivity index (χ3n) is 2.54.